The molecule has 0 radical (unpaired) electrons. The summed E-state index contributed by atoms with van der Waals surface area (Å²) in [5, 5.41) is 0. The smallest absolute Gasteiger partial charge is 0.361 e. The summed E-state index contributed by atoms with van der Waals surface area (Å²) in [5.74, 6) is -0.269. The molecule has 4 nitrogen and oxygen atoms in total. The van der Waals surface area contributed by atoms with Gasteiger partial charge in [0, 0.05) is 43.1 Å². The van der Waals surface area contributed by atoms with E-state index in [0.29, 0.717) is 42.9 Å². The normalized spacial score (nSPS) is 16.9. The highest BCUT2D eigenvalue weighted by molar-refractivity contribution is 5.65. The number of hydrogen-bond acceptors (Lipinski definition) is 3. The van der Waals surface area contributed by atoms with Crippen LogP contribution >= 0.6 is 0 Å². The van der Waals surface area contributed by atoms with Crippen LogP contribution in [0.2, 0.25) is 0 Å². The molecule has 34 heavy (non-hydrogen) atoms. The van der Waals surface area contributed by atoms with Crippen molar-refractivity contribution < 1.29 is 17.6 Å². The summed E-state index contributed by atoms with van der Waals surface area (Å²) in [6, 6.07) is 10.3. The fourth-order valence-electron chi connectivity index (χ4n) is 4.58. The Morgan fingerprint density at radius 2 is 1.94 bits per heavy atom. The average Bonchev–Trinajstić information content (AvgIpc) is 3.26. The molecule has 1 aliphatic rings. The van der Waals surface area contributed by atoms with Crippen molar-refractivity contribution in [2.45, 2.75) is 45.1 Å². The minimum Gasteiger partial charge on any atom is -0.361 e. The number of nitrogens with zero attached hydrogens (tertiary/aromatic N) is 3. The zero-order valence-corrected chi connectivity index (χ0v) is 19.1. The van der Waals surface area contributed by atoms with Crippen LogP contribution in [0.25, 0.3) is 5.57 Å². The van der Waals surface area contributed by atoms with Gasteiger partial charge in [-0.3, -0.25) is 4.90 Å². The van der Waals surface area contributed by atoms with E-state index in [9.17, 15) is 13.2 Å². The summed E-state index contributed by atoms with van der Waals surface area (Å²) in [5.41, 5.74) is 3.07. The van der Waals surface area contributed by atoms with E-state index in [2.05, 4.69) is 33.3 Å². The Balaban J connectivity index is 1.61. The van der Waals surface area contributed by atoms with Crippen LogP contribution in [0.3, 0.4) is 0 Å². The van der Waals surface area contributed by atoms with Gasteiger partial charge in [-0.15, -0.1) is 0 Å². The molecule has 1 atom stereocenters. The van der Waals surface area contributed by atoms with Crippen molar-refractivity contribution in [2.24, 2.45) is 0 Å². The Labute approximate surface area is 196 Å². The SMILES string of the molecule is C=C(CN1Cc2c(F)cccc2N(Cc2cnc[nH]2)C(CCC)C1)c1ccc(C(F)(F)F)cc1. The average molecular weight is 473 g/mol. The minimum absolute atomic E-state index is 0.122. The lowest BCUT2D eigenvalue weighted by Crippen LogP contribution is -2.41. The summed E-state index contributed by atoms with van der Waals surface area (Å²) in [4.78, 5) is 11.6. The molecule has 180 valence electrons. The lowest BCUT2D eigenvalue weighted by Gasteiger charge is -2.34. The second-order valence-corrected chi connectivity index (χ2v) is 8.73. The molecule has 0 bridgehead atoms. The first-order valence-corrected chi connectivity index (χ1v) is 11.3. The van der Waals surface area contributed by atoms with Crippen LogP contribution in [0.1, 0.15) is 42.1 Å². The molecule has 1 aromatic heterocycles. The highest BCUT2D eigenvalue weighted by atomic mass is 19.4. The first-order valence-electron chi connectivity index (χ1n) is 11.3. The Morgan fingerprint density at radius 3 is 2.59 bits per heavy atom. The number of aromatic amines is 1. The molecule has 0 saturated carbocycles. The van der Waals surface area contributed by atoms with E-state index in [1.54, 1.807) is 18.6 Å². The zero-order valence-electron chi connectivity index (χ0n) is 19.1. The molecule has 1 N–H and O–H groups in total. The van der Waals surface area contributed by atoms with Crippen molar-refractivity contribution in [3.8, 4) is 0 Å². The van der Waals surface area contributed by atoms with Crippen LogP contribution in [0.5, 0.6) is 0 Å². The van der Waals surface area contributed by atoms with Crippen molar-refractivity contribution in [2.75, 3.05) is 18.0 Å². The summed E-state index contributed by atoms with van der Waals surface area (Å²) in [6.07, 6.45) is 0.902. The second-order valence-electron chi connectivity index (χ2n) is 8.73. The first kappa shape index (κ1) is 24.0. The minimum atomic E-state index is -4.38. The fraction of sp³-hybridized carbons (Fsp3) is 0.346. The maximum Gasteiger partial charge on any atom is 0.416 e. The van der Waals surface area contributed by atoms with Gasteiger partial charge in [-0.2, -0.15) is 13.2 Å². The van der Waals surface area contributed by atoms with Gasteiger partial charge in [0.25, 0.3) is 0 Å². The summed E-state index contributed by atoms with van der Waals surface area (Å²) in [6.45, 7) is 8.32. The van der Waals surface area contributed by atoms with Crippen LogP contribution in [0.15, 0.2) is 61.6 Å². The summed E-state index contributed by atoms with van der Waals surface area (Å²) < 4.78 is 53.8. The number of hydrogen-bond donors (Lipinski definition) is 1. The first-order chi connectivity index (χ1) is 16.3. The summed E-state index contributed by atoms with van der Waals surface area (Å²) in [7, 11) is 0. The number of rotatable bonds is 7. The third kappa shape index (κ3) is 5.33. The number of imidazole rings is 1. The Kier molecular flexibility index (Phi) is 7.07. The van der Waals surface area contributed by atoms with Crippen molar-refractivity contribution in [1.29, 1.82) is 0 Å². The molecule has 4 rings (SSSR count). The van der Waals surface area contributed by atoms with E-state index in [-0.39, 0.29) is 11.9 Å². The number of H-pyrrole nitrogens is 1. The molecule has 2 heterocycles. The fourth-order valence-corrected chi connectivity index (χ4v) is 4.58. The molecule has 1 unspecified atom stereocenters. The molecule has 1 aliphatic heterocycles. The third-order valence-electron chi connectivity index (χ3n) is 6.25. The van der Waals surface area contributed by atoms with E-state index in [4.69, 9.17) is 0 Å². The lowest BCUT2D eigenvalue weighted by molar-refractivity contribution is -0.137. The van der Waals surface area contributed by atoms with E-state index in [1.165, 1.54) is 18.2 Å². The molecule has 2 aromatic carbocycles. The second kappa shape index (κ2) is 10.0. The molecule has 0 fully saturated rings. The molecule has 0 saturated heterocycles. The Bertz CT molecular complexity index is 1110. The van der Waals surface area contributed by atoms with Crippen LogP contribution in [-0.4, -0.2) is 34.0 Å². The monoisotopic (exact) mass is 472 g/mol. The van der Waals surface area contributed by atoms with Crippen molar-refractivity contribution in [1.82, 2.24) is 14.9 Å². The molecule has 0 spiro atoms. The molecule has 0 aliphatic carbocycles. The van der Waals surface area contributed by atoms with E-state index < -0.39 is 11.7 Å². The topological polar surface area (TPSA) is 35.2 Å². The highest BCUT2D eigenvalue weighted by Gasteiger charge is 2.31. The Hall–Kier alpha value is -3.13. The van der Waals surface area contributed by atoms with E-state index in [1.807, 2.05) is 6.07 Å². The van der Waals surface area contributed by atoms with Gasteiger partial charge in [0.1, 0.15) is 5.82 Å². The highest BCUT2D eigenvalue weighted by Crippen LogP contribution is 2.34. The van der Waals surface area contributed by atoms with Crippen molar-refractivity contribution in [3.63, 3.8) is 0 Å². The predicted molar refractivity (Wildman–Crippen MR) is 126 cm³/mol. The molecular formula is C26H28F4N4. The Morgan fingerprint density at radius 1 is 1.18 bits per heavy atom. The summed E-state index contributed by atoms with van der Waals surface area (Å²) >= 11 is 0. The number of alkyl halides is 3. The van der Waals surface area contributed by atoms with Gasteiger partial charge in [0.2, 0.25) is 0 Å². The zero-order chi connectivity index (χ0) is 24.3. The van der Waals surface area contributed by atoms with Gasteiger partial charge in [-0.1, -0.05) is 38.1 Å². The lowest BCUT2D eigenvalue weighted by atomic mass is 10.0. The quantitative estimate of drug-likeness (QED) is 0.412. The molecule has 0 amide bonds. The number of halogens is 4. The van der Waals surface area contributed by atoms with Crippen LogP contribution < -0.4 is 4.90 Å². The number of benzene rings is 2. The van der Waals surface area contributed by atoms with Gasteiger partial charge in [0.05, 0.1) is 24.1 Å². The van der Waals surface area contributed by atoms with Gasteiger partial charge < -0.3 is 9.88 Å². The molecule has 3 aromatic rings. The third-order valence-corrected chi connectivity index (χ3v) is 6.25. The maximum atomic E-state index is 15.0. The number of anilines is 1. The van der Waals surface area contributed by atoms with Crippen LogP contribution in [0.4, 0.5) is 23.2 Å². The maximum absolute atomic E-state index is 15.0. The van der Waals surface area contributed by atoms with Crippen LogP contribution in [0, 0.1) is 5.82 Å². The van der Waals surface area contributed by atoms with Crippen molar-refractivity contribution in [3.05, 3.63) is 89.8 Å². The van der Waals surface area contributed by atoms with E-state index >= 15 is 4.39 Å². The van der Waals surface area contributed by atoms with Crippen molar-refractivity contribution >= 4 is 11.3 Å². The number of fused-ring (bicyclic) bond motifs is 1. The molecule has 8 heteroatoms. The number of nitrogens with one attached hydrogen (secondary N) is 1. The van der Waals surface area contributed by atoms with Gasteiger partial charge in [-0.05, 0) is 41.8 Å². The van der Waals surface area contributed by atoms with Gasteiger partial charge >= 0.3 is 6.18 Å². The number of aromatic nitrogens is 2. The molecular weight excluding hydrogens is 444 g/mol. The van der Waals surface area contributed by atoms with Gasteiger partial charge in [-0.25, -0.2) is 9.37 Å². The van der Waals surface area contributed by atoms with E-state index in [0.717, 1.165) is 36.4 Å². The van der Waals surface area contributed by atoms with Crippen LogP contribution in [-0.2, 0) is 19.3 Å². The predicted octanol–water partition coefficient (Wildman–Crippen LogP) is 6.27. The van der Waals surface area contributed by atoms with Gasteiger partial charge in [0.15, 0.2) is 0 Å². The largest absolute Gasteiger partial charge is 0.416 e. The standard InChI is InChI=1S/C26H28F4N4/c1-3-5-22-15-33(13-18(2)19-8-10-20(11-9-19)26(28,29)30)16-23-24(27)6-4-7-25(23)34(22)14-21-12-31-17-32-21/h4,6-12,17,22H,2-3,5,13-16H2,1H3,(H,31,32).